The van der Waals surface area contributed by atoms with Crippen molar-refractivity contribution in [2.24, 2.45) is 0 Å². The molecule has 7 nitrogen and oxygen atoms in total. The monoisotopic (exact) mass is 321 g/mol. The van der Waals surface area contributed by atoms with E-state index < -0.39 is 0 Å². The summed E-state index contributed by atoms with van der Waals surface area (Å²) < 4.78 is 1.70. The van der Waals surface area contributed by atoms with Gasteiger partial charge in [-0.25, -0.2) is 4.98 Å². The molecule has 0 amide bonds. The SMILES string of the molecule is c1ccc(-n2nnnc2NCc2ccnc(N3CCCC3)c2)cc1. The second-order valence-electron chi connectivity index (χ2n) is 5.82. The van der Waals surface area contributed by atoms with E-state index in [1.807, 2.05) is 42.6 Å². The van der Waals surface area contributed by atoms with E-state index in [0.717, 1.165) is 30.2 Å². The van der Waals surface area contributed by atoms with Gasteiger partial charge in [-0.3, -0.25) is 0 Å². The molecule has 1 aliphatic rings. The number of tetrazole rings is 1. The molecule has 7 heteroatoms. The van der Waals surface area contributed by atoms with Crippen molar-refractivity contribution in [2.75, 3.05) is 23.3 Å². The average Bonchev–Trinajstić information content (AvgIpc) is 3.33. The van der Waals surface area contributed by atoms with E-state index in [9.17, 15) is 0 Å². The maximum Gasteiger partial charge on any atom is 0.248 e. The van der Waals surface area contributed by atoms with Gasteiger partial charge in [0.1, 0.15) is 5.82 Å². The summed E-state index contributed by atoms with van der Waals surface area (Å²) in [5.74, 6) is 1.68. The molecule has 1 saturated heterocycles. The van der Waals surface area contributed by atoms with Crippen LogP contribution in [-0.4, -0.2) is 38.3 Å². The quantitative estimate of drug-likeness (QED) is 0.777. The molecule has 1 fully saturated rings. The fourth-order valence-electron chi connectivity index (χ4n) is 2.91. The Morgan fingerprint density at radius 2 is 1.88 bits per heavy atom. The summed E-state index contributed by atoms with van der Waals surface area (Å²) in [6.07, 6.45) is 4.36. The Morgan fingerprint density at radius 3 is 2.71 bits per heavy atom. The number of aromatic nitrogens is 5. The van der Waals surface area contributed by atoms with Crippen LogP contribution in [0.4, 0.5) is 11.8 Å². The minimum Gasteiger partial charge on any atom is -0.357 e. The van der Waals surface area contributed by atoms with Gasteiger partial charge in [0, 0.05) is 25.8 Å². The number of hydrogen-bond acceptors (Lipinski definition) is 6. The Hall–Kier alpha value is -2.96. The first kappa shape index (κ1) is 14.6. The molecule has 0 atom stereocenters. The number of benzene rings is 1. The number of anilines is 2. The number of para-hydroxylation sites is 1. The lowest BCUT2D eigenvalue weighted by Crippen LogP contribution is -2.19. The lowest BCUT2D eigenvalue weighted by atomic mass is 10.2. The van der Waals surface area contributed by atoms with Gasteiger partial charge in [0.25, 0.3) is 0 Å². The van der Waals surface area contributed by atoms with Gasteiger partial charge < -0.3 is 10.2 Å². The van der Waals surface area contributed by atoms with Crippen molar-refractivity contribution in [3.63, 3.8) is 0 Å². The van der Waals surface area contributed by atoms with Crippen LogP contribution in [0.2, 0.25) is 0 Å². The summed E-state index contributed by atoms with van der Waals surface area (Å²) in [5.41, 5.74) is 2.09. The van der Waals surface area contributed by atoms with E-state index in [0.29, 0.717) is 12.5 Å². The van der Waals surface area contributed by atoms with Gasteiger partial charge >= 0.3 is 0 Å². The zero-order chi connectivity index (χ0) is 16.2. The molecule has 0 radical (unpaired) electrons. The third-order valence-electron chi connectivity index (χ3n) is 4.16. The summed E-state index contributed by atoms with van der Waals surface area (Å²) >= 11 is 0. The minimum atomic E-state index is 0.626. The van der Waals surface area contributed by atoms with E-state index in [1.54, 1.807) is 4.68 Å². The van der Waals surface area contributed by atoms with Gasteiger partial charge in [-0.15, -0.1) is 0 Å². The van der Waals surface area contributed by atoms with Crippen LogP contribution in [0.5, 0.6) is 0 Å². The minimum absolute atomic E-state index is 0.626. The van der Waals surface area contributed by atoms with Crippen LogP contribution in [0.25, 0.3) is 5.69 Å². The highest BCUT2D eigenvalue weighted by Crippen LogP contribution is 2.19. The molecule has 3 aromatic rings. The van der Waals surface area contributed by atoms with Crippen molar-refractivity contribution in [3.05, 3.63) is 54.2 Å². The summed E-state index contributed by atoms with van der Waals surface area (Å²) in [6.45, 7) is 2.84. The Kier molecular flexibility index (Phi) is 4.05. The topological polar surface area (TPSA) is 71.8 Å². The molecule has 2 aromatic heterocycles. The fourth-order valence-corrected chi connectivity index (χ4v) is 2.91. The van der Waals surface area contributed by atoms with E-state index in [4.69, 9.17) is 0 Å². The Morgan fingerprint density at radius 1 is 1.04 bits per heavy atom. The van der Waals surface area contributed by atoms with Crippen molar-refractivity contribution in [3.8, 4) is 5.69 Å². The third kappa shape index (κ3) is 3.05. The first-order valence-corrected chi connectivity index (χ1v) is 8.18. The lowest BCUT2D eigenvalue weighted by Gasteiger charge is -2.17. The van der Waals surface area contributed by atoms with Gasteiger partial charge in [-0.05, 0) is 53.1 Å². The molecule has 0 aliphatic carbocycles. The Balaban J connectivity index is 1.48. The molecule has 1 N–H and O–H groups in total. The molecular formula is C17H19N7. The number of rotatable bonds is 5. The van der Waals surface area contributed by atoms with Crippen LogP contribution >= 0.6 is 0 Å². The zero-order valence-corrected chi connectivity index (χ0v) is 13.3. The molecule has 1 aromatic carbocycles. The van der Waals surface area contributed by atoms with Crippen molar-refractivity contribution < 1.29 is 0 Å². The molecule has 0 unspecified atom stereocenters. The number of nitrogens with one attached hydrogen (secondary N) is 1. The molecule has 0 bridgehead atoms. The van der Waals surface area contributed by atoms with Crippen LogP contribution in [0.15, 0.2) is 48.7 Å². The van der Waals surface area contributed by atoms with Gasteiger partial charge in [-0.2, -0.15) is 4.68 Å². The van der Waals surface area contributed by atoms with Crippen molar-refractivity contribution in [2.45, 2.75) is 19.4 Å². The van der Waals surface area contributed by atoms with Crippen molar-refractivity contribution in [1.29, 1.82) is 0 Å². The molecule has 4 rings (SSSR count). The first-order chi connectivity index (χ1) is 11.9. The highest BCUT2D eigenvalue weighted by Gasteiger charge is 2.14. The van der Waals surface area contributed by atoms with Crippen LogP contribution in [0.1, 0.15) is 18.4 Å². The Bertz CT molecular complexity index is 793. The zero-order valence-electron chi connectivity index (χ0n) is 13.3. The summed E-state index contributed by atoms with van der Waals surface area (Å²) in [4.78, 5) is 6.82. The predicted octanol–water partition coefficient (Wildman–Crippen LogP) is 2.27. The van der Waals surface area contributed by atoms with Crippen LogP contribution in [0.3, 0.4) is 0 Å². The summed E-state index contributed by atoms with van der Waals surface area (Å²) in [6, 6.07) is 14.0. The third-order valence-corrected chi connectivity index (χ3v) is 4.16. The van der Waals surface area contributed by atoms with Crippen molar-refractivity contribution >= 4 is 11.8 Å². The maximum absolute atomic E-state index is 4.48. The van der Waals surface area contributed by atoms with E-state index in [1.165, 1.54) is 12.8 Å². The molecule has 0 saturated carbocycles. The van der Waals surface area contributed by atoms with Crippen LogP contribution in [-0.2, 0) is 6.54 Å². The highest BCUT2D eigenvalue weighted by molar-refractivity contribution is 5.43. The smallest absolute Gasteiger partial charge is 0.248 e. The van der Waals surface area contributed by atoms with E-state index in [-0.39, 0.29) is 0 Å². The van der Waals surface area contributed by atoms with Crippen LogP contribution in [0, 0.1) is 0 Å². The number of nitrogens with zero attached hydrogens (tertiary/aromatic N) is 6. The summed E-state index contributed by atoms with van der Waals surface area (Å²) in [5, 5.41) is 15.2. The average molecular weight is 321 g/mol. The molecular weight excluding hydrogens is 302 g/mol. The Labute approximate surface area is 140 Å². The number of pyridine rings is 1. The highest BCUT2D eigenvalue weighted by atomic mass is 15.6. The first-order valence-electron chi connectivity index (χ1n) is 8.18. The normalized spacial score (nSPS) is 14.1. The van der Waals surface area contributed by atoms with Gasteiger partial charge in [0.15, 0.2) is 0 Å². The van der Waals surface area contributed by atoms with E-state index >= 15 is 0 Å². The molecule has 1 aliphatic heterocycles. The predicted molar refractivity (Wildman–Crippen MR) is 92.2 cm³/mol. The van der Waals surface area contributed by atoms with E-state index in [2.05, 4.69) is 36.8 Å². The van der Waals surface area contributed by atoms with Gasteiger partial charge in [0.2, 0.25) is 5.95 Å². The second-order valence-corrected chi connectivity index (χ2v) is 5.82. The standard InChI is InChI=1S/C17H19N7/c1-2-6-15(7-3-1)24-17(20-21-22-24)19-13-14-8-9-18-16(12-14)23-10-4-5-11-23/h1-3,6-9,12H,4-5,10-11,13H2,(H,19,20,22). The molecule has 122 valence electrons. The largest absolute Gasteiger partial charge is 0.357 e. The fraction of sp³-hybridized carbons (Fsp3) is 0.294. The molecule has 0 spiro atoms. The van der Waals surface area contributed by atoms with Gasteiger partial charge in [-0.1, -0.05) is 23.3 Å². The van der Waals surface area contributed by atoms with Gasteiger partial charge in [0.05, 0.1) is 5.69 Å². The second kappa shape index (κ2) is 6.66. The van der Waals surface area contributed by atoms with Crippen molar-refractivity contribution in [1.82, 2.24) is 25.2 Å². The maximum atomic E-state index is 4.48. The lowest BCUT2D eigenvalue weighted by molar-refractivity contribution is 0.789. The molecule has 24 heavy (non-hydrogen) atoms. The summed E-state index contributed by atoms with van der Waals surface area (Å²) in [7, 11) is 0. The number of hydrogen-bond donors (Lipinski definition) is 1. The molecule has 3 heterocycles. The van der Waals surface area contributed by atoms with Crippen LogP contribution < -0.4 is 10.2 Å².